The zero-order valence-electron chi connectivity index (χ0n) is 9.96. The van der Waals surface area contributed by atoms with Crippen molar-refractivity contribution in [3.05, 3.63) is 11.9 Å². The molecule has 7 nitrogen and oxygen atoms in total. The molecule has 1 aromatic heterocycles. The number of rotatable bonds is 3. The summed E-state index contributed by atoms with van der Waals surface area (Å²) < 4.78 is 26.0. The van der Waals surface area contributed by atoms with Gasteiger partial charge in [-0.25, -0.2) is 18.2 Å². The Balaban J connectivity index is 2.25. The second kappa shape index (κ2) is 5.01. The van der Waals surface area contributed by atoms with E-state index in [4.69, 9.17) is 0 Å². The number of hydrogen-bond donors (Lipinski definition) is 1. The Hall–Kier alpha value is -1.50. The zero-order chi connectivity index (χ0) is 13.2. The van der Waals surface area contributed by atoms with Gasteiger partial charge in [-0.15, -0.1) is 0 Å². The third-order valence-corrected chi connectivity index (χ3v) is 4.97. The highest BCUT2D eigenvalue weighted by Crippen LogP contribution is 2.22. The fourth-order valence-electron chi connectivity index (χ4n) is 2.06. The van der Waals surface area contributed by atoms with Gasteiger partial charge in [0.25, 0.3) is 0 Å². The lowest BCUT2D eigenvalue weighted by molar-refractivity contribution is 0.316. The van der Waals surface area contributed by atoms with Crippen molar-refractivity contribution in [3.8, 4) is 0 Å². The molecule has 18 heavy (non-hydrogen) atoms. The Labute approximate surface area is 105 Å². The van der Waals surface area contributed by atoms with E-state index in [1.165, 1.54) is 16.6 Å². The standard InChI is InChI=1S/C10H14N4O3S/c1-8-10(5-12-13-8)18(16,17)14-4-2-3-9(6-14)11-7-15/h5,9H,2-4,6H2,1H3,(H,12,13). The van der Waals surface area contributed by atoms with Crippen molar-refractivity contribution in [3.63, 3.8) is 0 Å². The van der Waals surface area contributed by atoms with Crippen LogP contribution in [0.3, 0.4) is 0 Å². The van der Waals surface area contributed by atoms with Crippen molar-refractivity contribution in [2.24, 2.45) is 4.99 Å². The monoisotopic (exact) mass is 270 g/mol. The molecule has 1 saturated heterocycles. The van der Waals surface area contributed by atoms with Gasteiger partial charge in [0.05, 0.1) is 17.9 Å². The van der Waals surface area contributed by atoms with E-state index in [0.29, 0.717) is 25.1 Å². The summed E-state index contributed by atoms with van der Waals surface area (Å²) in [6.07, 6.45) is 4.19. The van der Waals surface area contributed by atoms with Crippen LogP contribution in [0.25, 0.3) is 0 Å². The van der Waals surface area contributed by atoms with Crippen LogP contribution in [0.2, 0.25) is 0 Å². The van der Waals surface area contributed by atoms with E-state index in [0.717, 1.165) is 0 Å². The molecule has 0 aliphatic carbocycles. The molecule has 1 fully saturated rings. The van der Waals surface area contributed by atoms with Gasteiger partial charge < -0.3 is 0 Å². The molecule has 1 aliphatic rings. The van der Waals surface area contributed by atoms with E-state index in [2.05, 4.69) is 15.2 Å². The first-order chi connectivity index (χ1) is 8.55. The molecule has 0 amide bonds. The Bertz CT molecular complexity index is 574. The van der Waals surface area contributed by atoms with E-state index >= 15 is 0 Å². The SMILES string of the molecule is Cc1[nH]ncc1S(=O)(=O)N1CCCC(N=C=O)C1. The Kier molecular flexibility index (Phi) is 3.60. The number of aromatic nitrogens is 2. The van der Waals surface area contributed by atoms with Gasteiger partial charge in [0.1, 0.15) is 4.90 Å². The summed E-state index contributed by atoms with van der Waals surface area (Å²) >= 11 is 0. The molecule has 2 heterocycles. The Morgan fingerprint density at radius 1 is 1.61 bits per heavy atom. The molecule has 1 N–H and O–H groups in total. The highest BCUT2D eigenvalue weighted by molar-refractivity contribution is 7.89. The average Bonchev–Trinajstić information content (AvgIpc) is 2.77. The van der Waals surface area contributed by atoms with Gasteiger partial charge >= 0.3 is 0 Å². The molecule has 98 valence electrons. The number of aliphatic imine (C=N–C) groups is 1. The molecule has 1 atom stereocenters. The van der Waals surface area contributed by atoms with Crippen molar-refractivity contribution < 1.29 is 13.2 Å². The van der Waals surface area contributed by atoms with Crippen molar-refractivity contribution in [1.82, 2.24) is 14.5 Å². The van der Waals surface area contributed by atoms with Crippen molar-refractivity contribution >= 4 is 16.1 Å². The summed E-state index contributed by atoms with van der Waals surface area (Å²) in [6.45, 7) is 2.32. The number of hydrogen-bond acceptors (Lipinski definition) is 5. The third kappa shape index (κ3) is 2.35. The van der Waals surface area contributed by atoms with E-state index < -0.39 is 10.0 Å². The maximum absolute atomic E-state index is 12.3. The fraction of sp³-hybridized carbons (Fsp3) is 0.600. The predicted octanol–water partition coefficient (Wildman–Crippen LogP) is 0.207. The molecule has 0 bridgehead atoms. The van der Waals surface area contributed by atoms with E-state index in [1.807, 2.05) is 0 Å². The van der Waals surface area contributed by atoms with Gasteiger partial charge in [-0.2, -0.15) is 9.40 Å². The average molecular weight is 270 g/mol. The highest BCUT2D eigenvalue weighted by atomic mass is 32.2. The number of aromatic amines is 1. The number of isocyanates is 1. The summed E-state index contributed by atoms with van der Waals surface area (Å²) in [5, 5.41) is 6.33. The largest absolute Gasteiger partial charge is 0.281 e. The number of aryl methyl sites for hydroxylation is 1. The molecule has 1 unspecified atom stereocenters. The molecular formula is C10H14N4O3S. The first kappa shape index (κ1) is 12.9. The van der Waals surface area contributed by atoms with Gasteiger partial charge in [0.2, 0.25) is 16.1 Å². The van der Waals surface area contributed by atoms with E-state index in [-0.39, 0.29) is 17.5 Å². The maximum atomic E-state index is 12.3. The van der Waals surface area contributed by atoms with Crippen LogP contribution in [0.1, 0.15) is 18.5 Å². The molecule has 1 aliphatic heterocycles. The molecule has 0 saturated carbocycles. The number of nitrogens with zero attached hydrogens (tertiary/aromatic N) is 3. The topological polar surface area (TPSA) is 95.5 Å². The van der Waals surface area contributed by atoms with Crippen LogP contribution in [-0.4, -0.2) is 48.1 Å². The summed E-state index contributed by atoms with van der Waals surface area (Å²) in [6, 6.07) is -0.293. The first-order valence-electron chi connectivity index (χ1n) is 5.63. The molecule has 8 heteroatoms. The number of piperidine rings is 1. The van der Waals surface area contributed by atoms with E-state index in [1.54, 1.807) is 6.92 Å². The van der Waals surface area contributed by atoms with Crippen molar-refractivity contribution in [2.45, 2.75) is 30.7 Å². The van der Waals surface area contributed by atoms with Gasteiger partial charge in [-0.05, 0) is 19.8 Å². The third-order valence-electron chi connectivity index (χ3n) is 3.00. The lowest BCUT2D eigenvalue weighted by atomic mass is 10.1. The Morgan fingerprint density at radius 3 is 3.00 bits per heavy atom. The molecule has 1 aromatic rings. The summed E-state index contributed by atoms with van der Waals surface area (Å²) in [4.78, 5) is 14.0. The van der Waals surface area contributed by atoms with Crippen LogP contribution in [0.4, 0.5) is 0 Å². The van der Waals surface area contributed by atoms with Gasteiger partial charge in [0, 0.05) is 13.1 Å². The van der Waals surface area contributed by atoms with Crippen molar-refractivity contribution in [1.29, 1.82) is 0 Å². The molecule has 0 aromatic carbocycles. The quantitative estimate of drug-likeness (QED) is 0.627. The minimum Gasteiger partial charge on any atom is -0.281 e. The summed E-state index contributed by atoms with van der Waals surface area (Å²) in [5.74, 6) is 0. The van der Waals surface area contributed by atoms with Gasteiger partial charge in [-0.1, -0.05) is 0 Å². The smallest absolute Gasteiger partial charge is 0.246 e. The van der Waals surface area contributed by atoms with Crippen LogP contribution < -0.4 is 0 Å². The summed E-state index contributed by atoms with van der Waals surface area (Å²) in [7, 11) is -3.55. The minimum atomic E-state index is -3.55. The number of sulfonamides is 1. The minimum absolute atomic E-state index is 0.179. The zero-order valence-corrected chi connectivity index (χ0v) is 10.8. The van der Waals surface area contributed by atoms with Crippen LogP contribution >= 0.6 is 0 Å². The normalized spacial score (nSPS) is 21.5. The van der Waals surface area contributed by atoms with Gasteiger partial charge in [0.15, 0.2) is 0 Å². The van der Waals surface area contributed by atoms with Crippen molar-refractivity contribution in [2.75, 3.05) is 13.1 Å². The second-order valence-corrected chi connectivity index (χ2v) is 6.15. The van der Waals surface area contributed by atoms with E-state index in [9.17, 15) is 13.2 Å². The lowest BCUT2D eigenvalue weighted by Crippen LogP contribution is -2.41. The highest BCUT2D eigenvalue weighted by Gasteiger charge is 2.31. The lowest BCUT2D eigenvalue weighted by Gasteiger charge is -2.28. The number of carbonyl (C=O) groups excluding carboxylic acids is 1. The molecule has 2 rings (SSSR count). The van der Waals surface area contributed by atoms with Crippen LogP contribution in [0.5, 0.6) is 0 Å². The molecule has 0 radical (unpaired) electrons. The van der Waals surface area contributed by atoms with Crippen LogP contribution in [-0.2, 0) is 14.8 Å². The fourth-order valence-corrected chi connectivity index (χ4v) is 3.69. The predicted molar refractivity (Wildman–Crippen MR) is 63.2 cm³/mol. The number of H-pyrrole nitrogens is 1. The van der Waals surface area contributed by atoms with Crippen LogP contribution in [0.15, 0.2) is 16.1 Å². The summed E-state index contributed by atoms with van der Waals surface area (Å²) in [5.41, 5.74) is 0.510. The Morgan fingerprint density at radius 2 is 2.39 bits per heavy atom. The molecular weight excluding hydrogens is 256 g/mol. The second-order valence-electron chi connectivity index (χ2n) is 4.24. The number of nitrogens with one attached hydrogen (secondary N) is 1. The molecule has 0 spiro atoms. The first-order valence-corrected chi connectivity index (χ1v) is 7.07. The van der Waals surface area contributed by atoms with Gasteiger partial charge in [-0.3, -0.25) is 5.10 Å². The van der Waals surface area contributed by atoms with Crippen LogP contribution in [0, 0.1) is 6.92 Å². The maximum Gasteiger partial charge on any atom is 0.246 e.